The number of aromatic nitrogens is 1. The molecule has 0 spiro atoms. The van der Waals surface area contributed by atoms with E-state index in [0.29, 0.717) is 22.5 Å². The second-order valence-corrected chi connectivity index (χ2v) is 10.7. The second kappa shape index (κ2) is 21.4. The number of aliphatic hydroxyl groups excluding tert-OH is 1. The van der Waals surface area contributed by atoms with Crippen molar-refractivity contribution in [3.63, 3.8) is 0 Å². The third-order valence-electron chi connectivity index (χ3n) is 6.59. The first-order chi connectivity index (χ1) is 21.4. The topological polar surface area (TPSA) is 65.6 Å². The van der Waals surface area contributed by atoms with Crippen molar-refractivity contribution in [2.45, 2.75) is 52.6 Å². The van der Waals surface area contributed by atoms with E-state index >= 15 is 0 Å². The SMILES string of the molecule is C=C(N)N1CCN(CCO)CC1.CC.CC(C)c1cc(F)cc(C(F)(F)F)c1.Clc1ccc(C/C=C/Cc2ccccc2)nc1. The molecule has 10 heteroatoms. The summed E-state index contributed by atoms with van der Waals surface area (Å²) in [6.07, 6.45) is 3.33. The van der Waals surface area contributed by atoms with E-state index in [-0.39, 0.29) is 12.5 Å². The Bertz CT molecular complexity index is 1260. The van der Waals surface area contributed by atoms with Crippen LogP contribution in [0.1, 0.15) is 56.0 Å². The summed E-state index contributed by atoms with van der Waals surface area (Å²) < 4.78 is 49.6. The Morgan fingerprint density at radius 3 is 2.13 bits per heavy atom. The van der Waals surface area contributed by atoms with Crippen LogP contribution in [-0.2, 0) is 19.0 Å². The summed E-state index contributed by atoms with van der Waals surface area (Å²) in [4.78, 5) is 8.52. The van der Waals surface area contributed by atoms with E-state index in [1.807, 2.05) is 32.0 Å². The first-order valence-electron chi connectivity index (χ1n) is 15.1. The van der Waals surface area contributed by atoms with Crippen molar-refractivity contribution in [3.05, 3.63) is 125 Å². The number of hydrogen-bond acceptors (Lipinski definition) is 5. The van der Waals surface area contributed by atoms with Gasteiger partial charge in [0.15, 0.2) is 0 Å². The van der Waals surface area contributed by atoms with Crippen LogP contribution in [0, 0.1) is 5.82 Å². The highest BCUT2D eigenvalue weighted by Gasteiger charge is 2.31. The molecule has 1 saturated heterocycles. The number of aliphatic hydroxyl groups is 1. The first kappa shape index (κ1) is 39.6. The molecule has 1 aliphatic rings. The van der Waals surface area contributed by atoms with Gasteiger partial charge < -0.3 is 15.7 Å². The average Bonchev–Trinajstić information content (AvgIpc) is 3.02. The highest BCUT2D eigenvalue weighted by molar-refractivity contribution is 6.30. The molecular weight excluding hydrogens is 604 g/mol. The van der Waals surface area contributed by atoms with E-state index in [1.165, 1.54) is 5.56 Å². The lowest BCUT2D eigenvalue weighted by atomic mass is 10.0. The van der Waals surface area contributed by atoms with Crippen LogP contribution in [0.5, 0.6) is 0 Å². The quantitative estimate of drug-likeness (QED) is 0.191. The lowest BCUT2D eigenvalue weighted by Gasteiger charge is -2.35. The Hall–Kier alpha value is -3.40. The average molecular weight is 651 g/mol. The maximum Gasteiger partial charge on any atom is 0.416 e. The lowest BCUT2D eigenvalue weighted by molar-refractivity contribution is -0.137. The monoisotopic (exact) mass is 650 g/mol. The molecule has 45 heavy (non-hydrogen) atoms. The Labute approximate surface area is 271 Å². The molecule has 0 bridgehead atoms. The minimum absolute atomic E-state index is 0.119. The molecule has 1 aliphatic heterocycles. The van der Waals surface area contributed by atoms with E-state index in [9.17, 15) is 17.6 Å². The number of benzene rings is 2. The summed E-state index contributed by atoms with van der Waals surface area (Å²) in [5, 5.41) is 9.38. The van der Waals surface area contributed by atoms with Gasteiger partial charge in [0.25, 0.3) is 0 Å². The molecular formula is C35H47ClF4N4O. The highest BCUT2D eigenvalue weighted by atomic mass is 35.5. The molecule has 0 aliphatic carbocycles. The Morgan fingerprint density at radius 1 is 1.00 bits per heavy atom. The summed E-state index contributed by atoms with van der Waals surface area (Å²) in [5.74, 6) is -0.311. The van der Waals surface area contributed by atoms with Crippen molar-refractivity contribution in [1.29, 1.82) is 0 Å². The normalized spacial score (nSPS) is 13.3. The number of rotatable bonds is 8. The molecule has 0 unspecified atom stereocenters. The molecule has 0 atom stereocenters. The van der Waals surface area contributed by atoms with Crippen molar-refractivity contribution < 1.29 is 22.7 Å². The number of nitrogens with two attached hydrogens (primary N) is 1. The van der Waals surface area contributed by atoms with Gasteiger partial charge in [-0.2, -0.15) is 13.2 Å². The van der Waals surface area contributed by atoms with Gasteiger partial charge in [-0.25, -0.2) is 4.39 Å². The van der Waals surface area contributed by atoms with Gasteiger partial charge in [-0.05, 0) is 53.8 Å². The van der Waals surface area contributed by atoms with Gasteiger partial charge >= 0.3 is 6.18 Å². The molecule has 3 N–H and O–H groups in total. The van der Waals surface area contributed by atoms with Crippen LogP contribution >= 0.6 is 11.6 Å². The summed E-state index contributed by atoms with van der Waals surface area (Å²) in [6.45, 7) is 15.9. The van der Waals surface area contributed by atoms with Gasteiger partial charge in [0.05, 0.1) is 23.0 Å². The van der Waals surface area contributed by atoms with Crippen LogP contribution in [0.15, 0.2) is 91.4 Å². The Kier molecular flexibility index (Phi) is 18.8. The number of piperazine rings is 1. The minimum Gasteiger partial charge on any atom is -0.395 e. The maximum atomic E-state index is 12.8. The molecule has 0 amide bonds. The zero-order chi connectivity index (χ0) is 33.8. The minimum atomic E-state index is -4.48. The maximum absolute atomic E-state index is 12.8. The van der Waals surface area contributed by atoms with Crippen molar-refractivity contribution in [3.8, 4) is 0 Å². The van der Waals surface area contributed by atoms with Gasteiger partial charge in [-0.1, -0.05) is 88.4 Å². The summed E-state index contributed by atoms with van der Waals surface area (Å²) >= 11 is 5.77. The summed E-state index contributed by atoms with van der Waals surface area (Å²) in [5.41, 5.74) is 7.35. The third kappa shape index (κ3) is 16.5. The number of alkyl halides is 3. The number of β-amino-alcohol motifs (C(OH)–C–C–N with tert-alkyl or cyclic N) is 1. The second-order valence-electron chi connectivity index (χ2n) is 10.3. The summed E-state index contributed by atoms with van der Waals surface area (Å²) in [7, 11) is 0. The van der Waals surface area contributed by atoms with E-state index in [4.69, 9.17) is 22.4 Å². The predicted molar refractivity (Wildman–Crippen MR) is 178 cm³/mol. The largest absolute Gasteiger partial charge is 0.416 e. The molecule has 2 aromatic carbocycles. The number of allylic oxidation sites excluding steroid dienone is 2. The molecule has 0 radical (unpaired) electrons. The Balaban J connectivity index is 0.000000333. The van der Waals surface area contributed by atoms with Crippen molar-refractivity contribution in [1.82, 2.24) is 14.8 Å². The van der Waals surface area contributed by atoms with E-state index in [0.717, 1.165) is 63.4 Å². The fourth-order valence-electron chi connectivity index (χ4n) is 4.07. The Morgan fingerprint density at radius 2 is 1.62 bits per heavy atom. The van der Waals surface area contributed by atoms with Crippen LogP contribution in [0.3, 0.4) is 0 Å². The van der Waals surface area contributed by atoms with E-state index in [1.54, 1.807) is 20.0 Å². The molecule has 4 rings (SSSR count). The number of hydrogen-bond donors (Lipinski definition) is 2. The van der Waals surface area contributed by atoms with Crippen molar-refractivity contribution >= 4 is 11.6 Å². The van der Waals surface area contributed by atoms with Crippen LogP contribution in [0.4, 0.5) is 17.6 Å². The van der Waals surface area contributed by atoms with Gasteiger partial charge in [-0.15, -0.1) is 0 Å². The van der Waals surface area contributed by atoms with Crippen molar-refractivity contribution in [2.75, 3.05) is 39.3 Å². The molecule has 3 aromatic rings. The molecule has 1 fully saturated rings. The van der Waals surface area contributed by atoms with Gasteiger partial charge in [-0.3, -0.25) is 9.88 Å². The van der Waals surface area contributed by atoms with E-state index in [2.05, 4.69) is 57.8 Å². The van der Waals surface area contributed by atoms with Crippen LogP contribution in [-0.4, -0.2) is 59.2 Å². The number of nitrogens with zero attached hydrogens (tertiary/aromatic N) is 3. The fourth-order valence-corrected chi connectivity index (χ4v) is 4.19. The highest BCUT2D eigenvalue weighted by Crippen LogP contribution is 2.31. The van der Waals surface area contributed by atoms with Gasteiger partial charge in [0.2, 0.25) is 0 Å². The van der Waals surface area contributed by atoms with Crippen LogP contribution in [0.2, 0.25) is 5.02 Å². The molecule has 2 heterocycles. The molecule has 0 saturated carbocycles. The third-order valence-corrected chi connectivity index (χ3v) is 6.81. The molecule has 1 aromatic heterocycles. The van der Waals surface area contributed by atoms with Crippen LogP contribution < -0.4 is 5.73 Å². The van der Waals surface area contributed by atoms with Crippen molar-refractivity contribution in [2.24, 2.45) is 5.73 Å². The number of pyridine rings is 1. The van der Waals surface area contributed by atoms with E-state index < -0.39 is 17.6 Å². The predicted octanol–water partition coefficient (Wildman–Crippen LogP) is 8.10. The molecule has 248 valence electrons. The van der Waals surface area contributed by atoms with Gasteiger partial charge in [0, 0.05) is 51.0 Å². The lowest BCUT2D eigenvalue weighted by Crippen LogP contribution is -2.47. The number of halogens is 5. The molecule has 5 nitrogen and oxygen atoms in total. The fraction of sp³-hybridized carbons (Fsp3) is 0.400. The van der Waals surface area contributed by atoms with Crippen LogP contribution in [0.25, 0.3) is 0 Å². The zero-order valence-electron chi connectivity index (χ0n) is 26.7. The zero-order valence-corrected chi connectivity index (χ0v) is 27.5. The summed E-state index contributed by atoms with van der Waals surface area (Å²) in [6, 6.07) is 16.8. The van der Waals surface area contributed by atoms with Gasteiger partial charge in [0.1, 0.15) is 5.82 Å². The first-order valence-corrected chi connectivity index (χ1v) is 15.5. The smallest absolute Gasteiger partial charge is 0.395 e. The standard InChI is InChI=1S/C15H14ClN.C10H10F4.C8H17N3O.C2H6/c16-14-10-11-15(17-12-14)9-5-4-8-13-6-2-1-3-7-13;1-6(2)7-3-8(10(12,13)14)5-9(11)4-7;1-8(9)11-4-2-10(3-5-11)6-7-12;1-2/h1-7,10-12H,8-9H2;3-6H,1-2H3;12H,1-7,9H2;1-2H3/b5-4+;;;.